The van der Waals surface area contributed by atoms with Crippen LogP contribution >= 0.6 is 0 Å². The van der Waals surface area contributed by atoms with Crippen molar-refractivity contribution < 1.29 is 19.6 Å². The number of phenols is 1. The number of aromatic hydroxyl groups is 1. The van der Waals surface area contributed by atoms with Gasteiger partial charge >= 0.3 is 11.8 Å². The molecule has 0 unspecified atom stereocenters. The van der Waals surface area contributed by atoms with Gasteiger partial charge in [0.2, 0.25) is 0 Å². The first-order valence-electron chi connectivity index (χ1n) is 6.63. The number of amides is 1. The number of carbonyl (C=O) groups excluding carboxylic acids is 1. The second-order valence-corrected chi connectivity index (χ2v) is 4.90. The maximum absolute atomic E-state index is 11.4. The zero-order valence-electron chi connectivity index (χ0n) is 13.0. The molecule has 0 aliphatic carbocycles. The Morgan fingerprint density at radius 3 is 2.43 bits per heavy atom. The summed E-state index contributed by atoms with van der Waals surface area (Å²) < 4.78 is 5.01. The summed E-state index contributed by atoms with van der Waals surface area (Å²) in [5, 5.41) is 22.7. The normalized spacial score (nSPS) is 10.1. The molecule has 1 aromatic rings. The molecule has 1 amide bonds. The van der Waals surface area contributed by atoms with Crippen LogP contribution in [0.4, 0.5) is 10.5 Å². The average molecular weight is 298 g/mol. The molecule has 0 spiro atoms. The maximum atomic E-state index is 11.4. The van der Waals surface area contributed by atoms with Crippen LogP contribution in [0.3, 0.4) is 0 Å². The molecule has 7 nitrogen and oxygen atoms in total. The van der Waals surface area contributed by atoms with E-state index in [1.54, 1.807) is 20.8 Å². The van der Waals surface area contributed by atoms with E-state index in [0.29, 0.717) is 0 Å². The Morgan fingerprint density at radius 1 is 1.38 bits per heavy atom. The van der Waals surface area contributed by atoms with E-state index in [2.05, 4.69) is 5.32 Å². The number of alkyl carbamates (subject to hydrolysis) is 1. The van der Waals surface area contributed by atoms with Crippen molar-refractivity contribution in [2.75, 3.05) is 0 Å². The molecule has 2 N–H and O–H groups in total. The summed E-state index contributed by atoms with van der Waals surface area (Å²) in [6.45, 7) is 9.11. The second kappa shape index (κ2) is 8.08. The lowest BCUT2D eigenvalue weighted by atomic mass is 10.1. The number of rotatable bonds is 3. The van der Waals surface area contributed by atoms with Crippen LogP contribution in [-0.4, -0.2) is 21.7 Å². The predicted octanol–water partition coefficient (Wildman–Crippen LogP) is 3.35. The first kappa shape index (κ1) is 18.7. The highest BCUT2D eigenvalue weighted by molar-refractivity contribution is 5.68. The summed E-state index contributed by atoms with van der Waals surface area (Å²) in [6, 6.07) is 4.11. The molecule has 0 heterocycles. The van der Waals surface area contributed by atoms with Crippen LogP contribution in [0.5, 0.6) is 5.75 Å². The molecule has 1 aromatic carbocycles. The van der Waals surface area contributed by atoms with Crippen LogP contribution in [0, 0.1) is 10.1 Å². The zero-order valence-corrected chi connectivity index (χ0v) is 13.0. The number of carbonyl (C=O) groups is 1. The molecule has 0 fully saturated rings. The monoisotopic (exact) mass is 298 g/mol. The number of nitro groups is 1. The summed E-state index contributed by atoms with van der Waals surface area (Å²) >= 11 is 0. The molecule has 118 valence electrons. The van der Waals surface area contributed by atoms with E-state index in [9.17, 15) is 20.0 Å². The smallest absolute Gasteiger partial charge is 0.407 e. The third kappa shape index (κ3) is 6.60. The molecule has 21 heavy (non-hydrogen) atoms. The van der Waals surface area contributed by atoms with Crippen molar-refractivity contribution >= 4 is 11.8 Å². The molecular formula is C14H22N2O5. The van der Waals surface area contributed by atoms with Crippen molar-refractivity contribution in [3.63, 3.8) is 0 Å². The van der Waals surface area contributed by atoms with Crippen molar-refractivity contribution in [1.82, 2.24) is 5.32 Å². The number of benzene rings is 1. The number of hydrogen-bond donors (Lipinski definition) is 2. The van der Waals surface area contributed by atoms with Gasteiger partial charge in [-0.2, -0.15) is 0 Å². The summed E-state index contributed by atoms with van der Waals surface area (Å²) in [6.07, 6.45) is -0.654. The number of nitrogens with one attached hydrogen (secondary N) is 1. The van der Waals surface area contributed by atoms with Gasteiger partial charge in [-0.3, -0.25) is 10.1 Å². The zero-order chi connectivity index (χ0) is 16.6. The first-order chi connectivity index (χ1) is 9.70. The highest BCUT2D eigenvalue weighted by Crippen LogP contribution is 2.29. The lowest BCUT2D eigenvalue weighted by molar-refractivity contribution is -0.385. The maximum Gasteiger partial charge on any atom is 0.407 e. The van der Waals surface area contributed by atoms with Gasteiger partial charge in [0.1, 0.15) is 5.60 Å². The quantitative estimate of drug-likeness (QED) is 0.658. The molecule has 7 heteroatoms. The third-order valence-corrected chi connectivity index (χ3v) is 2.12. The minimum absolute atomic E-state index is 0.0531. The summed E-state index contributed by atoms with van der Waals surface area (Å²) in [4.78, 5) is 21.4. The van der Waals surface area contributed by atoms with Crippen molar-refractivity contribution in [2.24, 2.45) is 0 Å². The van der Waals surface area contributed by atoms with E-state index >= 15 is 0 Å². The second-order valence-electron chi connectivity index (χ2n) is 4.90. The summed E-state index contributed by atoms with van der Waals surface area (Å²) in [7, 11) is 0. The van der Waals surface area contributed by atoms with E-state index in [0.717, 1.165) is 0 Å². The van der Waals surface area contributed by atoms with Crippen LogP contribution < -0.4 is 5.32 Å². The molecule has 0 atom stereocenters. The van der Waals surface area contributed by atoms with E-state index in [1.807, 2.05) is 13.8 Å². The molecule has 0 aliphatic heterocycles. The number of ether oxygens (including phenoxy) is 1. The number of nitro benzene ring substituents is 1. The minimum Gasteiger partial charge on any atom is -0.502 e. The number of para-hydroxylation sites is 1. The molecule has 0 radical (unpaired) electrons. The van der Waals surface area contributed by atoms with E-state index in [1.165, 1.54) is 18.2 Å². The number of phenolic OH excluding ortho intramolecular Hbond substituents is 1. The molecule has 0 saturated carbocycles. The molecule has 0 bridgehead atoms. The fourth-order valence-electron chi connectivity index (χ4n) is 1.35. The largest absolute Gasteiger partial charge is 0.502 e. The highest BCUT2D eigenvalue weighted by atomic mass is 16.6. The lowest BCUT2D eigenvalue weighted by Gasteiger charge is -2.19. The Bertz CT molecular complexity index is 495. The van der Waals surface area contributed by atoms with Crippen LogP contribution in [0.15, 0.2) is 18.2 Å². The van der Waals surface area contributed by atoms with Gasteiger partial charge in [-0.1, -0.05) is 26.0 Å². The van der Waals surface area contributed by atoms with Crippen LogP contribution in [0.25, 0.3) is 0 Å². The van der Waals surface area contributed by atoms with Gasteiger partial charge in [0.05, 0.1) is 11.5 Å². The van der Waals surface area contributed by atoms with Gasteiger partial charge < -0.3 is 15.2 Å². The lowest BCUT2D eigenvalue weighted by Crippen LogP contribution is -2.32. The van der Waals surface area contributed by atoms with Crippen LogP contribution in [0.2, 0.25) is 0 Å². The van der Waals surface area contributed by atoms with Crippen molar-refractivity contribution in [2.45, 2.75) is 46.8 Å². The standard InChI is InChI=1S/C12H16N2O5.C2H6/c1-12(2,3)19-11(16)13-7-8-5-4-6-9(10(8)15)14(17)18;1-2/h4-6,15H,7H2,1-3H3,(H,13,16);1-2H3. The van der Waals surface area contributed by atoms with Crippen molar-refractivity contribution in [3.8, 4) is 5.75 Å². The molecule has 1 rings (SSSR count). The highest BCUT2D eigenvalue weighted by Gasteiger charge is 2.19. The van der Waals surface area contributed by atoms with Crippen LogP contribution in [0.1, 0.15) is 40.2 Å². The Labute approximate surface area is 124 Å². The van der Waals surface area contributed by atoms with E-state index in [4.69, 9.17) is 4.74 Å². The Kier molecular flexibility index (Phi) is 7.19. The Hall–Kier alpha value is -2.31. The average Bonchev–Trinajstić information content (AvgIpc) is 2.37. The van der Waals surface area contributed by atoms with Gasteiger partial charge in [0.15, 0.2) is 5.75 Å². The van der Waals surface area contributed by atoms with Gasteiger partial charge in [0.25, 0.3) is 0 Å². The summed E-state index contributed by atoms with van der Waals surface area (Å²) in [5.41, 5.74) is -0.780. The SMILES string of the molecule is CC.CC(C)(C)OC(=O)NCc1cccc([N+](=O)[O-])c1O. The van der Waals surface area contributed by atoms with Crippen molar-refractivity contribution in [3.05, 3.63) is 33.9 Å². The van der Waals surface area contributed by atoms with Gasteiger partial charge in [0, 0.05) is 11.6 Å². The Morgan fingerprint density at radius 2 is 1.95 bits per heavy atom. The van der Waals surface area contributed by atoms with Gasteiger partial charge in [-0.15, -0.1) is 0 Å². The Balaban J connectivity index is 0.00000191. The summed E-state index contributed by atoms with van der Waals surface area (Å²) in [5.74, 6) is -0.455. The number of hydrogen-bond acceptors (Lipinski definition) is 5. The fourth-order valence-corrected chi connectivity index (χ4v) is 1.35. The van der Waals surface area contributed by atoms with Gasteiger partial charge in [-0.25, -0.2) is 4.79 Å². The first-order valence-corrected chi connectivity index (χ1v) is 6.63. The van der Waals surface area contributed by atoms with E-state index in [-0.39, 0.29) is 12.1 Å². The molecule has 0 aromatic heterocycles. The predicted molar refractivity (Wildman–Crippen MR) is 79.2 cm³/mol. The molecule has 0 saturated heterocycles. The van der Waals surface area contributed by atoms with Crippen LogP contribution in [-0.2, 0) is 11.3 Å². The fraction of sp³-hybridized carbons (Fsp3) is 0.500. The molecular weight excluding hydrogens is 276 g/mol. The minimum atomic E-state index is -0.688. The molecule has 0 aliphatic rings. The van der Waals surface area contributed by atoms with Gasteiger partial charge in [-0.05, 0) is 20.8 Å². The van der Waals surface area contributed by atoms with Crippen molar-refractivity contribution in [1.29, 1.82) is 0 Å². The van der Waals surface area contributed by atoms with E-state index < -0.39 is 28.1 Å². The third-order valence-electron chi connectivity index (χ3n) is 2.12. The topological polar surface area (TPSA) is 102 Å². The number of nitrogens with zero attached hydrogens (tertiary/aromatic N) is 1.